The van der Waals surface area contributed by atoms with Gasteiger partial charge in [0.05, 0.1) is 0 Å². The third kappa shape index (κ3) is 12.1. The van der Waals surface area contributed by atoms with Gasteiger partial charge in [0, 0.05) is 0 Å². The smallest absolute Gasteiger partial charge is 0.114 e. The van der Waals surface area contributed by atoms with E-state index < -0.39 is 0 Å². The Morgan fingerprint density at radius 2 is 1.11 bits per heavy atom. The maximum atomic E-state index is 2.38. The van der Waals surface area contributed by atoms with Gasteiger partial charge in [-0.3, -0.25) is 0 Å². The maximum absolute atomic E-state index is 2.38. The molecule has 0 aromatic heterocycles. The molecular weight excluding hydrogens is 299 g/mol. The third-order valence-corrected chi connectivity index (χ3v) is 6.09. The first-order valence-electron chi connectivity index (χ1n) is 8.09. The molecule has 0 nitrogen and oxygen atoms in total. The van der Waals surface area contributed by atoms with E-state index in [9.17, 15) is 0 Å². The van der Waals surface area contributed by atoms with E-state index in [-0.39, 0.29) is 17.0 Å². The van der Waals surface area contributed by atoms with E-state index in [1.54, 1.807) is 10.6 Å². The molecule has 0 spiro atoms. The second kappa shape index (κ2) is 16.1. The Bertz CT molecular complexity index is 134. The van der Waals surface area contributed by atoms with Gasteiger partial charge in [-0.05, 0) is 0 Å². The van der Waals surface area contributed by atoms with Crippen molar-refractivity contribution in [3.05, 3.63) is 0 Å². The molecule has 0 saturated carbocycles. The van der Waals surface area contributed by atoms with Crippen LogP contribution in [0.1, 0.15) is 79.1 Å². The zero-order valence-corrected chi connectivity index (χ0v) is 16.1. The van der Waals surface area contributed by atoms with E-state index in [0.717, 1.165) is 27.1 Å². The lowest BCUT2D eigenvalue weighted by Gasteiger charge is -2.17. The lowest BCUT2D eigenvalue weighted by Crippen LogP contribution is -2.08. The maximum Gasteiger partial charge on any atom is 0.200 e. The van der Waals surface area contributed by atoms with Crippen LogP contribution >= 0.6 is 17.0 Å². The van der Waals surface area contributed by atoms with Crippen LogP contribution in [0, 0.1) is 11.8 Å². The van der Waals surface area contributed by atoms with Crippen LogP contribution in [0.3, 0.4) is 0 Å². The summed E-state index contributed by atoms with van der Waals surface area (Å²) in [4.78, 5) is 0. The van der Waals surface area contributed by atoms with Crippen molar-refractivity contribution in [1.29, 1.82) is 0 Å². The summed E-state index contributed by atoms with van der Waals surface area (Å²) in [6.07, 6.45) is 11.5. The molecule has 109 valence electrons. The zero-order valence-electron chi connectivity index (χ0n) is 13.2. The molecule has 0 aliphatic rings. The summed E-state index contributed by atoms with van der Waals surface area (Å²) in [5, 5.41) is 3.14. The fourth-order valence-electron chi connectivity index (χ4n) is 2.53. The summed E-state index contributed by atoms with van der Waals surface area (Å²) in [6.45, 7) is 9.40. The summed E-state index contributed by atoms with van der Waals surface area (Å²) in [5.74, 6) is 2.10. The monoisotopic (exact) mass is 333 g/mol. The Morgan fingerprint density at radius 3 is 1.39 bits per heavy atom. The number of hydrogen-bond donors (Lipinski definition) is 0. The van der Waals surface area contributed by atoms with Gasteiger partial charge in [0.25, 0.3) is 0 Å². The van der Waals surface area contributed by atoms with Crippen LogP contribution in [0.2, 0.25) is 10.6 Å². The van der Waals surface area contributed by atoms with Gasteiger partial charge in [-0.15, -0.1) is 27.5 Å². The van der Waals surface area contributed by atoms with Crippen LogP contribution < -0.4 is 0 Å². The molecule has 0 N–H and O–H groups in total. The molecule has 0 aliphatic heterocycles. The van der Waals surface area contributed by atoms with Crippen LogP contribution in [0.15, 0.2) is 0 Å². The van der Waals surface area contributed by atoms with Crippen molar-refractivity contribution in [2.45, 2.75) is 89.6 Å². The molecule has 0 heterocycles. The molecule has 2 atom stereocenters. The molecule has 0 aromatic rings. The van der Waals surface area contributed by atoms with E-state index in [0.29, 0.717) is 0 Å². The average Bonchev–Trinajstić information content (AvgIpc) is 2.37. The molecule has 0 saturated heterocycles. The van der Waals surface area contributed by atoms with Crippen molar-refractivity contribution in [2.24, 2.45) is 11.8 Å². The number of hydrogen-bond acceptors (Lipinski definition) is 0. The highest BCUT2D eigenvalue weighted by Crippen LogP contribution is 2.21. The minimum atomic E-state index is 0. The fraction of sp³-hybridized carbons (Fsp3) is 1.00. The van der Waals surface area contributed by atoms with Gasteiger partial charge in [-0.2, -0.15) is 0 Å². The molecule has 1 radical (unpaired) electrons. The van der Waals surface area contributed by atoms with Gasteiger partial charge in [0.1, 0.15) is 0 Å². The average molecular weight is 334 g/mol. The molecule has 2 heteroatoms. The van der Waals surface area contributed by atoms with Crippen molar-refractivity contribution < 1.29 is 0 Å². The normalized spacial score (nSPS) is 13.8. The second-order valence-corrected chi connectivity index (χ2v) is 7.11. The molecule has 0 rings (SSSR count). The van der Waals surface area contributed by atoms with Crippen molar-refractivity contribution in [3.8, 4) is 0 Å². The van der Waals surface area contributed by atoms with E-state index >= 15 is 0 Å². The minimum absolute atomic E-state index is 0. The summed E-state index contributed by atoms with van der Waals surface area (Å²) >= 11 is 0.734. The van der Waals surface area contributed by atoms with E-state index in [2.05, 4.69) is 27.7 Å². The lowest BCUT2D eigenvalue weighted by atomic mass is 10.0. The van der Waals surface area contributed by atoms with Crippen LogP contribution in [-0.4, -0.2) is 15.2 Å². The van der Waals surface area contributed by atoms with E-state index in [4.69, 9.17) is 0 Å². The summed E-state index contributed by atoms with van der Waals surface area (Å²) in [6, 6.07) is 0. The Balaban J connectivity index is 0. The summed E-state index contributed by atoms with van der Waals surface area (Å²) in [7, 11) is 0. The van der Waals surface area contributed by atoms with Crippen LogP contribution in [-0.2, 0) is 0 Å². The number of rotatable bonds is 12. The highest BCUT2D eigenvalue weighted by Gasteiger charge is 2.10. The van der Waals surface area contributed by atoms with Gasteiger partial charge in [-0.1, -0.05) is 90.9 Å². The van der Waals surface area contributed by atoms with E-state index in [1.165, 1.54) is 51.4 Å². The van der Waals surface area contributed by atoms with Crippen molar-refractivity contribution in [1.82, 2.24) is 0 Å². The summed E-state index contributed by atoms with van der Waals surface area (Å²) in [5.41, 5.74) is 0. The Kier molecular flexibility index (Phi) is 19.0. The minimum Gasteiger partial charge on any atom is -0.114 e. The molecule has 0 aliphatic carbocycles. The van der Waals surface area contributed by atoms with Crippen molar-refractivity contribution in [3.63, 3.8) is 0 Å². The first-order chi connectivity index (χ1) is 8.28. The van der Waals surface area contributed by atoms with Gasteiger partial charge in [-0.25, -0.2) is 0 Å². The Hall–Kier alpha value is 1.01. The first kappa shape index (κ1) is 21.3. The second-order valence-electron chi connectivity index (χ2n) is 5.59. The lowest BCUT2D eigenvalue weighted by molar-refractivity contribution is 0.474. The van der Waals surface area contributed by atoms with Gasteiger partial charge >= 0.3 is 0 Å². The standard InChI is InChI=1S/2C8H17.Al.BrH/c2*1-4-6-7-8(3)5-2;;/h2*8H,3-7H2,1-2H3;;1H. The zero-order chi connectivity index (χ0) is 12.9. The van der Waals surface area contributed by atoms with Gasteiger partial charge in [0.2, 0.25) is 15.2 Å². The predicted octanol–water partition coefficient (Wildman–Crippen LogP) is 6.54. The highest BCUT2D eigenvalue weighted by molar-refractivity contribution is 8.93. The Morgan fingerprint density at radius 1 is 0.722 bits per heavy atom. The summed E-state index contributed by atoms with van der Waals surface area (Å²) < 4.78 is 0. The number of halogens is 1. The van der Waals surface area contributed by atoms with Crippen LogP contribution in [0.4, 0.5) is 0 Å². The van der Waals surface area contributed by atoms with Gasteiger partial charge in [0.15, 0.2) is 0 Å². The molecule has 0 aromatic carbocycles. The van der Waals surface area contributed by atoms with Crippen molar-refractivity contribution in [2.75, 3.05) is 0 Å². The molecule has 18 heavy (non-hydrogen) atoms. The molecule has 0 fully saturated rings. The quantitative estimate of drug-likeness (QED) is 0.356. The molecule has 0 bridgehead atoms. The SMILES string of the molecule is Br.CCCCC(CC)[CH2][Al][CH2]C(CC)CCCC. The third-order valence-electron chi connectivity index (χ3n) is 4.09. The fourth-order valence-corrected chi connectivity index (χ4v) is 4.80. The van der Waals surface area contributed by atoms with Gasteiger partial charge < -0.3 is 0 Å². The van der Waals surface area contributed by atoms with Crippen molar-refractivity contribution >= 4 is 32.2 Å². The van der Waals surface area contributed by atoms with E-state index in [1.807, 2.05) is 0 Å². The predicted molar refractivity (Wildman–Crippen MR) is 92.3 cm³/mol. The largest absolute Gasteiger partial charge is 0.200 e. The molecule has 2 unspecified atom stereocenters. The molecular formula is C16H35AlBr. The highest BCUT2D eigenvalue weighted by atomic mass is 79.9. The first-order valence-corrected chi connectivity index (χ1v) is 9.73. The van der Waals surface area contributed by atoms with Crippen LogP contribution in [0.5, 0.6) is 0 Å². The topological polar surface area (TPSA) is 0 Å². The molecule has 0 amide bonds. The Labute approximate surface area is 133 Å². The van der Waals surface area contributed by atoms with Crippen LogP contribution in [0.25, 0.3) is 0 Å². The number of unbranched alkanes of at least 4 members (excludes halogenated alkanes) is 2.